The largest absolute Gasteiger partial charge is 0.469 e. The molecular weight excluding hydrogens is 386 g/mol. The van der Waals surface area contributed by atoms with E-state index in [1.807, 2.05) is 44.4 Å². The molecule has 1 aliphatic carbocycles. The molecule has 1 N–H and O–H groups in total. The van der Waals surface area contributed by atoms with E-state index in [9.17, 15) is 14.4 Å². The molecule has 2 amide bonds. The van der Waals surface area contributed by atoms with Gasteiger partial charge in [0.15, 0.2) is 0 Å². The molecule has 30 heavy (non-hydrogen) atoms. The maximum absolute atomic E-state index is 13.0. The predicted octanol–water partition coefficient (Wildman–Crippen LogP) is 1.79. The molecule has 164 valence electrons. The number of rotatable bonds is 6. The van der Waals surface area contributed by atoms with Crippen molar-refractivity contribution >= 4 is 18.0 Å². The fourth-order valence-electron chi connectivity index (χ4n) is 4.45. The molecule has 2 aliphatic rings. The number of ether oxygens (including phenoxy) is 2. The van der Waals surface area contributed by atoms with E-state index in [2.05, 4.69) is 10.2 Å². The van der Waals surface area contributed by atoms with Crippen molar-refractivity contribution < 1.29 is 23.9 Å². The van der Waals surface area contributed by atoms with Gasteiger partial charge in [-0.15, -0.1) is 0 Å². The molecule has 1 aliphatic heterocycles. The molecule has 0 aromatic heterocycles. The van der Waals surface area contributed by atoms with Crippen LogP contribution >= 0.6 is 0 Å². The molecule has 1 saturated carbocycles. The fraction of sp³-hybridized carbons (Fsp3) is 0.591. The van der Waals surface area contributed by atoms with Crippen molar-refractivity contribution in [2.45, 2.75) is 50.4 Å². The van der Waals surface area contributed by atoms with Crippen LogP contribution in [0.2, 0.25) is 0 Å². The molecule has 8 heteroatoms. The summed E-state index contributed by atoms with van der Waals surface area (Å²) in [5, 5.41) is 2.68. The van der Waals surface area contributed by atoms with Crippen LogP contribution in [-0.4, -0.2) is 73.6 Å². The van der Waals surface area contributed by atoms with Crippen molar-refractivity contribution in [2.75, 3.05) is 27.7 Å². The van der Waals surface area contributed by atoms with Gasteiger partial charge in [0.1, 0.15) is 12.6 Å². The molecule has 1 saturated heterocycles. The van der Waals surface area contributed by atoms with Crippen LogP contribution in [0, 0.1) is 5.92 Å². The first-order valence-corrected chi connectivity index (χ1v) is 10.4. The van der Waals surface area contributed by atoms with E-state index in [1.165, 1.54) is 7.11 Å². The van der Waals surface area contributed by atoms with Gasteiger partial charge in [-0.1, -0.05) is 30.3 Å². The van der Waals surface area contributed by atoms with Crippen LogP contribution < -0.4 is 5.32 Å². The van der Waals surface area contributed by atoms with E-state index in [0.717, 1.165) is 18.4 Å². The Morgan fingerprint density at radius 2 is 1.90 bits per heavy atom. The number of amides is 2. The molecule has 1 aromatic rings. The second kappa shape index (κ2) is 9.93. The molecule has 0 spiro atoms. The molecule has 2 fully saturated rings. The Morgan fingerprint density at radius 1 is 1.17 bits per heavy atom. The van der Waals surface area contributed by atoms with Gasteiger partial charge in [-0.3, -0.25) is 9.59 Å². The molecule has 1 heterocycles. The van der Waals surface area contributed by atoms with Crippen LogP contribution in [0.5, 0.6) is 0 Å². The minimum atomic E-state index is -0.627. The number of nitrogens with zero attached hydrogens (tertiary/aromatic N) is 2. The smallest absolute Gasteiger partial charge is 0.408 e. The number of esters is 1. The Balaban J connectivity index is 1.58. The maximum Gasteiger partial charge on any atom is 0.408 e. The van der Waals surface area contributed by atoms with E-state index >= 15 is 0 Å². The zero-order chi connectivity index (χ0) is 21.7. The number of benzene rings is 1. The zero-order valence-electron chi connectivity index (χ0n) is 17.9. The monoisotopic (exact) mass is 417 g/mol. The lowest BCUT2D eigenvalue weighted by Gasteiger charge is -2.41. The number of hydrogen-bond acceptors (Lipinski definition) is 6. The van der Waals surface area contributed by atoms with Gasteiger partial charge in [0.25, 0.3) is 0 Å². The summed E-state index contributed by atoms with van der Waals surface area (Å²) in [6.45, 7) is 0.656. The van der Waals surface area contributed by atoms with Crippen LogP contribution in [0.3, 0.4) is 0 Å². The third-order valence-electron chi connectivity index (χ3n) is 6.17. The number of carbonyl (C=O) groups excluding carboxylic acids is 3. The highest BCUT2D eigenvalue weighted by Gasteiger charge is 2.45. The minimum absolute atomic E-state index is 0.149. The number of hydrogen-bond donors (Lipinski definition) is 1. The van der Waals surface area contributed by atoms with Crippen LogP contribution in [0.1, 0.15) is 31.2 Å². The first-order chi connectivity index (χ1) is 14.4. The SMILES string of the molecule is COC(=O)[C@H]1C[C@H](N(C)C)CC[C@@H]1N1CCC(NC(=O)OCc2ccccc2)C1=O. The lowest BCUT2D eigenvalue weighted by atomic mass is 9.80. The second-order valence-electron chi connectivity index (χ2n) is 8.21. The predicted molar refractivity (Wildman–Crippen MR) is 111 cm³/mol. The third kappa shape index (κ3) is 5.11. The average molecular weight is 418 g/mol. The van der Waals surface area contributed by atoms with Crippen LogP contribution in [-0.2, 0) is 25.7 Å². The van der Waals surface area contributed by atoms with E-state index in [1.54, 1.807) is 4.90 Å². The summed E-state index contributed by atoms with van der Waals surface area (Å²) in [4.78, 5) is 41.4. The lowest BCUT2D eigenvalue weighted by molar-refractivity contribution is -0.152. The summed E-state index contributed by atoms with van der Waals surface area (Å²) >= 11 is 0. The van der Waals surface area contributed by atoms with Gasteiger partial charge in [0, 0.05) is 18.6 Å². The molecule has 0 radical (unpaired) electrons. The third-order valence-corrected chi connectivity index (χ3v) is 6.17. The highest BCUT2D eigenvalue weighted by atomic mass is 16.5. The standard InChI is InChI=1S/C22H31N3O5/c1-24(2)16-9-10-19(17(13-16)21(27)29-3)25-12-11-18(20(25)26)23-22(28)30-14-15-7-5-4-6-8-15/h4-8,16-19H,9-14H2,1-3H3,(H,23,28)/t16-,17+,18?,19+/m1/s1. The normalized spacial score (nSPS) is 26.5. The Labute approximate surface area is 177 Å². The summed E-state index contributed by atoms with van der Waals surface area (Å²) in [6, 6.07) is 8.83. The van der Waals surface area contributed by atoms with Crippen molar-refractivity contribution in [3.63, 3.8) is 0 Å². The lowest BCUT2D eigenvalue weighted by Crippen LogP contribution is -2.52. The van der Waals surface area contributed by atoms with E-state index < -0.39 is 12.1 Å². The van der Waals surface area contributed by atoms with Crippen molar-refractivity contribution in [1.29, 1.82) is 0 Å². The molecule has 3 rings (SSSR count). The molecule has 8 nitrogen and oxygen atoms in total. The molecule has 1 aromatic carbocycles. The van der Waals surface area contributed by atoms with E-state index in [-0.39, 0.29) is 36.5 Å². The number of likely N-dealkylation sites (tertiary alicyclic amines) is 1. The minimum Gasteiger partial charge on any atom is -0.469 e. The topological polar surface area (TPSA) is 88.2 Å². The molecule has 0 bridgehead atoms. The first kappa shape index (κ1) is 22.1. The van der Waals surface area contributed by atoms with Gasteiger partial charge >= 0.3 is 12.1 Å². The quantitative estimate of drug-likeness (QED) is 0.710. The van der Waals surface area contributed by atoms with Crippen LogP contribution in [0.15, 0.2) is 30.3 Å². The highest BCUT2D eigenvalue weighted by molar-refractivity contribution is 5.88. The summed E-state index contributed by atoms with van der Waals surface area (Å²) in [5.41, 5.74) is 0.880. The fourth-order valence-corrected chi connectivity index (χ4v) is 4.45. The number of carbonyl (C=O) groups is 3. The number of alkyl carbamates (subject to hydrolysis) is 1. The van der Waals surface area contributed by atoms with Crippen molar-refractivity contribution in [2.24, 2.45) is 5.92 Å². The van der Waals surface area contributed by atoms with E-state index in [0.29, 0.717) is 19.4 Å². The van der Waals surface area contributed by atoms with Crippen LogP contribution in [0.4, 0.5) is 4.79 Å². The van der Waals surface area contributed by atoms with Gasteiger partial charge in [-0.25, -0.2) is 4.79 Å². The van der Waals surface area contributed by atoms with Gasteiger partial charge in [-0.2, -0.15) is 0 Å². The summed E-state index contributed by atoms with van der Waals surface area (Å²) < 4.78 is 10.3. The van der Waals surface area contributed by atoms with Crippen LogP contribution in [0.25, 0.3) is 0 Å². The maximum atomic E-state index is 13.0. The highest BCUT2D eigenvalue weighted by Crippen LogP contribution is 2.33. The molecule has 1 unspecified atom stereocenters. The number of nitrogens with one attached hydrogen (secondary N) is 1. The Kier molecular flexibility index (Phi) is 7.31. The summed E-state index contributed by atoms with van der Waals surface area (Å²) in [5.74, 6) is -0.796. The number of methoxy groups -OCH3 is 1. The first-order valence-electron chi connectivity index (χ1n) is 10.4. The van der Waals surface area contributed by atoms with Gasteiger partial charge in [0.2, 0.25) is 5.91 Å². The second-order valence-corrected chi connectivity index (χ2v) is 8.21. The Morgan fingerprint density at radius 3 is 2.57 bits per heavy atom. The average Bonchev–Trinajstić information content (AvgIpc) is 3.11. The zero-order valence-corrected chi connectivity index (χ0v) is 17.9. The van der Waals surface area contributed by atoms with Gasteiger partial charge < -0.3 is 24.6 Å². The summed E-state index contributed by atoms with van der Waals surface area (Å²) in [7, 11) is 5.39. The van der Waals surface area contributed by atoms with Crippen molar-refractivity contribution in [1.82, 2.24) is 15.1 Å². The van der Waals surface area contributed by atoms with Crippen molar-refractivity contribution in [3.05, 3.63) is 35.9 Å². The summed E-state index contributed by atoms with van der Waals surface area (Å²) in [6.07, 6.45) is 2.19. The van der Waals surface area contributed by atoms with Gasteiger partial charge in [0.05, 0.1) is 13.0 Å². The Bertz CT molecular complexity index is 754. The van der Waals surface area contributed by atoms with Gasteiger partial charge in [-0.05, 0) is 45.3 Å². The Hall–Kier alpha value is -2.61. The van der Waals surface area contributed by atoms with E-state index in [4.69, 9.17) is 9.47 Å². The molecule has 4 atom stereocenters. The molecular formula is C22H31N3O5. The van der Waals surface area contributed by atoms with Crippen molar-refractivity contribution in [3.8, 4) is 0 Å².